The van der Waals surface area contributed by atoms with Gasteiger partial charge in [0.05, 0.1) is 12.2 Å². The second kappa shape index (κ2) is 7.11. The maximum atomic E-state index is 5.46. The molecule has 6 nitrogen and oxygen atoms in total. The highest BCUT2D eigenvalue weighted by molar-refractivity contribution is 5.64. The van der Waals surface area contributed by atoms with Gasteiger partial charge in [-0.3, -0.25) is 4.90 Å². The van der Waals surface area contributed by atoms with Gasteiger partial charge in [-0.15, -0.1) is 0 Å². The zero-order valence-corrected chi connectivity index (χ0v) is 14.3. The summed E-state index contributed by atoms with van der Waals surface area (Å²) >= 11 is 0. The summed E-state index contributed by atoms with van der Waals surface area (Å²) in [6, 6.07) is 10.5. The van der Waals surface area contributed by atoms with Gasteiger partial charge in [0, 0.05) is 23.4 Å². The minimum Gasteiger partial charge on any atom is -0.338 e. The van der Waals surface area contributed by atoms with Crippen LogP contribution >= 0.6 is 0 Å². The van der Waals surface area contributed by atoms with Crippen LogP contribution in [0.5, 0.6) is 0 Å². The number of aromatic nitrogens is 4. The molecule has 25 heavy (non-hydrogen) atoms. The van der Waals surface area contributed by atoms with Crippen molar-refractivity contribution < 1.29 is 4.52 Å². The Balaban J connectivity index is 1.48. The van der Waals surface area contributed by atoms with Crippen molar-refractivity contribution >= 4 is 0 Å². The molecule has 1 atom stereocenters. The van der Waals surface area contributed by atoms with Gasteiger partial charge in [-0.1, -0.05) is 35.8 Å². The summed E-state index contributed by atoms with van der Waals surface area (Å²) in [7, 11) is 0. The first-order valence-electron chi connectivity index (χ1n) is 8.73. The van der Waals surface area contributed by atoms with Crippen LogP contribution in [-0.2, 0) is 6.54 Å². The third-order valence-corrected chi connectivity index (χ3v) is 4.77. The lowest BCUT2D eigenvalue weighted by Crippen LogP contribution is -2.36. The second-order valence-electron chi connectivity index (χ2n) is 6.50. The topological polar surface area (TPSA) is 67.9 Å². The lowest BCUT2D eigenvalue weighted by molar-refractivity contribution is 0.135. The summed E-state index contributed by atoms with van der Waals surface area (Å²) < 4.78 is 5.46. The first-order valence-corrected chi connectivity index (χ1v) is 8.73. The minimum absolute atomic E-state index is 0.580. The molecule has 0 spiro atoms. The minimum atomic E-state index is 0.580. The van der Waals surface area contributed by atoms with Crippen molar-refractivity contribution in [2.45, 2.75) is 38.8 Å². The fraction of sp³-hybridized carbons (Fsp3) is 0.368. The maximum absolute atomic E-state index is 5.46. The number of benzene rings is 1. The van der Waals surface area contributed by atoms with E-state index in [0.29, 0.717) is 17.8 Å². The molecular formula is C19H21N5O. The van der Waals surface area contributed by atoms with Gasteiger partial charge < -0.3 is 4.52 Å². The molecular weight excluding hydrogens is 314 g/mol. The molecule has 1 fully saturated rings. The van der Waals surface area contributed by atoms with Crippen LogP contribution in [0.4, 0.5) is 0 Å². The molecule has 4 rings (SSSR count). The summed E-state index contributed by atoms with van der Waals surface area (Å²) in [6.07, 6.45) is 7.09. The quantitative estimate of drug-likeness (QED) is 0.726. The lowest BCUT2D eigenvalue weighted by Gasteiger charge is -2.31. The van der Waals surface area contributed by atoms with Crippen LogP contribution in [-0.4, -0.2) is 37.6 Å². The average molecular weight is 335 g/mol. The van der Waals surface area contributed by atoms with Crippen LogP contribution in [0.2, 0.25) is 0 Å². The summed E-state index contributed by atoms with van der Waals surface area (Å²) in [5.41, 5.74) is 2.88. The zero-order chi connectivity index (χ0) is 17.1. The highest BCUT2D eigenvalue weighted by Crippen LogP contribution is 2.23. The zero-order valence-electron chi connectivity index (χ0n) is 14.3. The van der Waals surface area contributed by atoms with Crippen LogP contribution in [0.1, 0.15) is 32.1 Å². The van der Waals surface area contributed by atoms with E-state index in [9.17, 15) is 0 Å². The van der Waals surface area contributed by atoms with E-state index >= 15 is 0 Å². The summed E-state index contributed by atoms with van der Waals surface area (Å²) in [6.45, 7) is 4.10. The molecule has 3 heterocycles. The standard InChI is InChI=1S/C19H21N5O/c1-14-4-2-3-11-24(14)12-18-22-19(23-25-18)16-7-5-15(6-8-16)17-9-10-20-13-21-17/h5-10,13-14H,2-4,11-12H2,1H3/t14-/m0/s1. The summed E-state index contributed by atoms with van der Waals surface area (Å²) in [4.78, 5) is 15.2. The van der Waals surface area contributed by atoms with Crippen LogP contribution in [0.3, 0.4) is 0 Å². The van der Waals surface area contributed by atoms with Crippen LogP contribution in [0.25, 0.3) is 22.6 Å². The number of piperidine rings is 1. The lowest BCUT2D eigenvalue weighted by atomic mass is 10.0. The number of hydrogen-bond acceptors (Lipinski definition) is 6. The Morgan fingerprint density at radius 1 is 1.12 bits per heavy atom. The SMILES string of the molecule is C[C@H]1CCCCN1Cc1nc(-c2ccc(-c3ccncn3)cc2)no1. The Morgan fingerprint density at radius 3 is 2.72 bits per heavy atom. The fourth-order valence-corrected chi connectivity index (χ4v) is 3.25. The van der Waals surface area contributed by atoms with Gasteiger partial charge in [-0.25, -0.2) is 9.97 Å². The number of likely N-dealkylation sites (tertiary alicyclic amines) is 1. The molecule has 0 radical (unpaired) electrons. The molecule has 1 aliphatic rings. The number of nitrogens with zero attached hydrogens (tertiary/aromatic N) is 5. The van der Waals surface area contributed by atoms with Crippen molar-refractivity contribution in [3.8, 4) is 22.6 Å². The van der Waals surface area contributed by atoms with Crippen molar-refractivity contribution in [3.63, 3.8) is 0 Å². The average Bonchev–Trinajstić information content (AvgIpc) is 3.13. The van der Waals surface area contributed by atoms with Gasteiger partial charge in [0.2, 0.25) is 11.7 Å². The third kappa shape index (κ3) is 3.58. The van der Waals surface area contributed by atoms with E-state index in [1.54, 1.807) is 12.5 Å². The van der Waals surface area contributed by atoms with Gasteiger partial charge in [0.1, 0.15) is 6.33 Å². The predicted octanol–water partition coefficient (Wildman–Crippen LogP) is 3.57. The Labute approximate surface area is 146 Å². The smallest absolute Gasteiger partial charge is 0.241 e. The highest BCUT2D eigenvalue weighted by atomic mass is 16.5. The van der Waals surface area contributed by atoms with E-state index in [0.717, 1.165) is 29.9 Å². The molecule has 0 N–H and O–H groups in total. The first-order chi connectivity index (χ1) is 12.3. The van der Waals surface area contributed by atoms with E-state index in [1.807, 2.05) is 30.3 Å². The molecule has 1 saturated heterocycles. The predicted molar refractivity (Wildman–Crippen MR) is 94.5 cm³/mol. The summed E-state index contributed by atoms with van der Waals surface area (Å²) in [5.74, 6) is 1.32. The molecule has 0 amide bonds. The van der Waals surface area contributed by atoms with Crippen molar-refractivity contribution in [2.24, 2.45) is 0 Å². The molecule has 1 aliphatic heterocycles. The van der Waals surface area contributed by atoms with E-state index in [2.05, 4.69) is 31.9 Å². The van der Waals surface area contributed by atoms with Crippen LogP contribution in [0.15, 0.2) is 47.4 Å². The largest absolute Gasteiger partial charge is 0.338 e. The number of hydrogen-bond donors (Lipinski definition) is 0. The van der Waals surface area contributed by atoms with Crippen LogP contribution < -0.4 is 0 Å². The molecule has 0 unspecified atom stereocenters. The Hall–Kier alpha value is -2.60. The van der Waals surface area contributed by atoms with Gasteiger partial charge in [-0.05, 0) is 32.4 Å². The monoisotopic (exact) mass is 335 g/mol. The molecule has 2 aromatic heterocycles. The maximum Gasteiger partial charge on any atom is 0.241 e. The molecule has 1 aromatic carbocycles. The van der Waals surface area contributed by atoms with Crippen molar-refractivity contribution in [1.29, 1.82) is 0 Å². The van der Waals surface area contributed by atoms with E-state index in [1.165, 1.54) is 19.3 Å². The van der Waals surface area contributed by atoms with Crippen LogP contribution in [0, 0.1) is 0 Å². The normalized spacial score (nSPS) is 18.4. The van der Waals surface area contributed by atoms with Gasteiger partial charge in [-0.2, -0.15) is 4.98 Å². The second-order valence-corrected chi connectivity index (χ2v) is 6.50. The van der Waals surface area contributed by atoms with E-state index in [-0.39, 0.29) is 0 Å². The first kappa shape index (κ1) is 15.9. The molecule has 0 aliphatic carbocycles. The van der Waals surface area contributed by atoms with Crippen molar-refractivity contribution in [1.82, 2.24) is 25.0 Å². The highest BCUT2D eigenvalue weighted by Gasteiger charge is 2.21. The van der Waals surface area contributed by atoms with Crippen molar-refractivity contribution in [3.05, 3.63) is 48.7 Å². The Morgan fingerprint density at radius 2 is 1.96 bits per heavy atom. The Bertz CT molecular complexity index is 815. The molecule has 6 heteroatoms. The Kier molecular flexibility index (Phi) is 4.52. The van der Waals surface area contributed by atoms with Gasteiger partial charge in [0.15, 0.2) is 0 Å². The summed E-state index contributed by atoms with van der Waals surface area (Å²) in [5, 5.41) is 4.14. The van der Waals surface area contributed by atoms with E-state index < -0.39 is 0 Å². The van der Waals surface area contributed by atoms with Gasteiger partial charge >= 0.3 is 0 Å². The number of rotatable bonds is 4. The molecule has 0 bridgehead atoms. The molecule has 0 saturated carbocycles. The van der Waals surface area contributed by atoms with E-state index in [4.69, 9.17) is 4.52 Å². The van der Waals surface area contributed by atoms with Gasteiger partial charge in [0.25, 0.3) is 0 Å². The third-order valence-electron chi connectivity index (χ3n) is 4.77. The molecule has 3 aromatic rings. The van der Waals surface area contributed by atoms with Crippen molar-refractivity contribution in [2.75, 3.05) is 6.54 Å². The fourth-order valence-electron chi connectivity index (χ4n) is 3.25. The molecule has 128 valence electrons.